The molecule has 0 spiro atoms. The van der Waals surface area contributed by atoms with Gasteiger partial charge in [0, 0.05) is 37.7 Å². The Balaban J connectivity index is 1.95. The van der Waals surface area contributed by atoms with Gasteiger partial charge in [-0.25, -0.2) is 0 Å². The van der Waals surface area contributed by atoms with Crippen LogP contribution >= 0.6 is 0 Å². The highest BCUT2D eigenvalue weighted by Gasteiger charge is 2.28. The normalized spacial score (nSPS) is 19.9. The molecule has 0 aromatic carbocycles. The van der Waals surface area contributed by atoms with E-state index < -0.39 is 0 Å². The second-order valence-corrected chi connectivity index (χ2v) is 5.36. The van der Waals surface area contributed by atoms with Gasteiger partial charge in [-0.1, -0.05) is 13.8 Å². The third-order valence-electron chi connectivity index (χ3n) is 3.50. The maximum absolute atomic E-state index is 12.1. The Morgan fingerprint density at radius 3 is 2.89 bits per heavy atom. The summed E-state index contributed by atoms with van der Waals surface area (Å²) < 4.78 is 0. The Hall–Kier alpha value is -1.85. The van der Waals surface area contributed by atoms with Crippen molar-refractivity contribution in [1.82, 2.24) is 15.1 Å². The van der Waals surface area contributed by atoms with E-state index >= 15 is 0 Å². The minimum absolute atomic E-state index is 0.0243. The number of likely N-dealkylation sites (tertiary alicyclic amines) is 1. The maximum atomic E-state index is 12.1. The predicted octanol–water partition coefficient (Wildman–Crippen LogP) is 1.34. The minimum Gasteiger partial charge on any atom is -0.346 e. The van der Waals surface area contributed by atoms with Crippen LogP contribution in [0.5, 0.6) is 0 Å². The van der Waals surface area contributed by atoms with E-state index in [-0.39, 0.29) is 24.2 Å². The van der Waals surface area contributed by atoms with Gasteiger partial charge in [0.05, 0.1) is 0 Å². The van der Waals surface area contributed by atoms with Crippen molar-refractivity contribution < 1.29 is 9.59 Å². The van der Waals surface area contributed by atoms with E-state index in [0.717, 1.165) is 5.69 Å². The number of nitrogens with one attached hydrogen (secondary N) is 2. The third-order valence-corrected chi connectivity index (χ3v) is 3.50. The number of hydrogen-bond donors (Lipinski definition) is 2. The molecule has 104 valence electrons. The van der Waals surface area contributed by atoms with Crippen LogP contribution in [-0.2, 0) is 9.59 Å². The van der Waals surface area contributed by atoms with E-state index in [2.05, 4.69) is 29.4 Å². The van der Waals surface area contributed by atoms with Gasteiger partial charge in [0.25, 0.3) is 0 Å². The summed E-state index contributed by atoms with van der Waals surface area (Å²) in [4.78, 5) is 25.3. The monoisotopic (exact) mass is 264 g/mol. The molecular formula is C13H20N4O2. The number of carbonyl (C=O) groups excluding carboxylic acids is 2. The molecular weight excluding hydrogens is 244 g/mol. The Morgan fingerprint density at radius 2 is 2.32 bits per heavy atom. The molecule has 6 heteroatoms. The number of piperidine rings is 1. The summed E-state index contributed by atoms with van der Waals surface area (Å²) in [5, 5.41) is 9.71. The zero-order valence-electron chi connectivity index (χ0n) is 11.6. The molecule has 1 fully saturated rings. The van der Waals surface area contributed by atoms with Gasteiger partial charge in [0.1, 0.15) is 0 Å². The maximum Gasteiger partial charge on any atom is 0.229 e. The van der Waals surface area contributed by atoms with Gasteiger partial charge in [-0.3, -0.25) is 14.7 Å². The summed E-state index contributed by atoms with van der Waals surface area (Å²) in [6.07, 6.45) is 0.985. The Kier molecular flexibility index (Phi) is 3.87. The molecule has 6 nitrogen and oxygen atoms in total. The molecule has 2 N–H and O–H groups in total. The van der Waals surface area contributed by atoms with Crippen molar-refractivity contribution >= 4 is 17.6 Å². The first-order valence-corrected chi connectivity index (χ1v) is 6.57. The van der Waals surface area contributed by atoms with Crippen LogP contribution < -0.4 is 5.32 Å². The van der Waals surface area contributed by atoms with Crippen molar-refractivity contribution in [2.24, 2.45) is 5.92 Å². The number of aromatic amines is 1. The SMILES string of the molecule is CC(C)c1cc(NC(=O)[C@@H]2CCN(C)C(=O)C2)n[nH]1. The first-order valence-electron chi connectivity index (χ1n) is 6.57. The summed E-state index contributed by atoms with van der Waals surface area (Å²) >= 11 is 0. The first-order chi connectivity index (χ1) is 8.97. The molecule has 2 amide bonds. The van der Waals surface area contributed by atoms with Crippen molar-refractivity contribution in [3.8, 4) is 0 Å². The zero-order valence-corrected chi connectivity index (χ0v) is 11.6. The quantitative estimate of drug-likeness (QED) is 0.864. The summed E-state index contributed by atoms with van der Waals surface area (Å²) in [5.74, 6) is 0.519. The second-order valence-electron chi connectivity index (χ2n) is 5.36. The van der Waals surface area contributed by atoms with Gasteiger partial charge >= 0.3 is 0 Å². The van der Waals surface area contributed by atoms with E-state index in [1.54, 1.807) is 11.9 Å². The minimum atomic E-state index is -0.247. The molecule has 19 heavy (non-hydrogen) atoms. The van der Waals surface area contributed by atoms with Crippen molar-refractivity contribution in [2.45, 2.75) is 32.6 Å². The highest BCUT2D eigenvalue weighted by molar-refractivity contribution is 5.95. The Labute approximate surface area is 112 Å². The zero-order chi connectivity index (χ0) is 14.0. The summed E-state index contributed by atoms with van der Waals surface area (Å²) in [6, 6.07) is 1.83. The van der Waals surface area contributed by atoms with Gasteiger partial charge < -0.3 is 10.2 Å². The van der Waals surface area contributed by atoms with Gasteiger partial charge in [0.15, 0.2) is 5.82 Å². The fourth-order valence-electron chi connectivity index (χ4n) is 2.09. The summed E-state index contributed by atoms with van der Waals surface area (Å²) in [5.41, 5.74) is 0.981. The Bertz CT molecular complexity index is 481. The fraction of sp³-hybridized carbons (Fsp3) is 0.615. The molecule has 1 atom stereocenters. The first kappa shape index (κ1) is 13.6. The molecule has 1 aliphatic rings. The number of hydrogen-bond acceptors (Lipinski definition) is 3. The Morgan fingerprint density at radius 1 is 1.58 bits per heavy atom. The van der Waals surface area contributed by atoms with Crippen LogP contribution in [0.1, 0.15) is 38.3 Å². The van der Waals surface area contributed by atoms with Gasteiger partial charge in [-0.15, -0.1) is 0 Å². The molecule has 1 aromatic heterocycles. The van der Waals surface area contributed by atoms with Crippen LogP contribution in [-0.4, -0.2) is 40.5 Å². The number of H-pyrrole nitrogens is 1. The molecule has 0 radical (unpaired) electrons. The van der Waals surface area contributed by atoms with Crippen molar-refractivity contribution in [2.75, 3.05) is 18.9 Å². The lowest BCUT2D eigenvalue weighted by Gasteiger charge is -2.27. The van der Waals surface area contributed by atoms with Crippen LogP contribution in [0, 0.1) is 5.92 Å². The lowest BCUT2D eigenvalue weighted by Crippen LogP contribution is -2.39. The third kappa shape index (κ3) is 3.13. The number of carbonyl (C=O) groups is 2. The lowest BCUT2D eigenvalue weighted by atomic mass is 9.96. The lowest BCUT2D eigenvalue weighted by molar-refractivity contribution is -0.137. The highest BCUT2D eigenvalue weighted by atomic mass is 16.2. The molecule has 1 saturated heterocycles. The molecule has 0 unspecified atom stereocenters. The van der Waals surface area contributed by atoms with Gasteiger partial charge in [-0.05, 0) is 12.3 Å². The average Bonchev–Trinajstić information content (AvgIpc) is 2.81. The predicted molar refractivity (Wildman–Crippen MR) is 71.7 cm³/mol. The van der Waals surface area contributed by atoms with E-state index in [1.165, 1.54) is 0 Å². The largest absolute Gasteiger partial charge is 0.346 e. The van der Waals surface area contributed by atoms with Gasteiger partial charge in [-0.2, -0.15) is 5.10 Å². The molecule has 2 heterocycles. The van der Waals surface area contributed by atoms with Gasteiger partial charge in [0.2, 0.25) is 11.8 Å². The standard InChI is InChI=1S/C13H20N4O2/c1-8(2)10-7-11(16-15-10)14-13(19)9-4-5-17(3)12(18)6-9/h7-9H,4-6H2,1-3H3,(H2,14,15,16,19)/t9-/m1/s1. The molecule has 0 saturated carbocycles. The van der Waals surface area contributed by atoms with Crippen LogP contribution in [0.2, 0.25) is 0 Å². The van der Waals surface area contributed by atoms with E-state index in [0.29, 0.717) is 24.7 Å². The number of amides is 2. The second kappa shape index (κ2) is 5.42. The van der Waals surface area contributed by atoms with Crippen LogP contribution in [0.3, 0.4) is 0 Å². The summed E-state index contributed by atoms with van der Waals surface area (Å²) in [7, 11) is 1.76. The molecule has 0 bridgehead atoms. The van der Waals surface area contributed by atoms with Crippen LogP contribution in [0.25, 0.3) is 0 Å². The smallest absolute Gasteiger partial charge is 0.229 e. The van der Waals surface area contributed by atoms with E-state index in [9.17, 15) is 9.59 Å². The van der Waals surface area contributed by atoms with Crippen molar-refractivity contribution in [1.29, 1.82) is 0 Å². The van der Waals surface area contributed by atoms with E-state index in [4.69, 9.17) is 0 Å². The molecule has 0 aliphatic carbocycles. The molecule has 1 aliphatic heterocycles. The number of aromatic nitrogens is 2. The topological polar surface area (TPSA) is 78.1 Å². The highest BCUT2D eigenvalue weighted by Crippen LogP contribution is 2.20. The van der Waals surface area contributed by atoms with Crippen LogP contribution in [0.15, 0.2) is 6.07 Å². The van der Waals surface area contributed by atoms with Crippen molar-refractivity contribution in [3.63, 3.8) is 0 Å². The average molecular weight is 264 g/mol. The van der Waals surface area contributed by atoms with E-state index in [1.807, 2.05) is 6.07 Å². The van der Waals surface area contributed by atoms with Crippen LogP contribution in [0.4, 0.5) is 5.82 Å². The molecule has 2 rings (SSSR count). The molecule has 1 aromatic rings. The number of rotatable bonds is 3. The summed E-state index contributed by atoms with van der Waals surface area (Å²) in [6.45, 7) is 4.73. The van der Waals surface area contributed by atoms with Crippen molar-refractivity contribution in [3.05, 3.63) is 11.8 Å². The number of anilines is 1. The fourth-order valence-corrected chi connectivity index (χ4v) is 2.09. The number of nitrogens with zero attached hydrogens (tertiary/aromatic N) is 2.